The summed E-state index contributed by atoms with van der Waals surface area (Å²) in [5.41, 5.74) is 6.06. The number of rotatable bonds is 6. The number of aryl methyl sites for hydroxylation is 1. The Labute approximate surface area is 108 Å². The third kappa shape index (κ3) is 3.54. The van der Waals surface area contributed by atoms with Crippen LogP contribution in [0.4, 0.5) is 0 Å². The van der Waals surface area contributed by atoms with E-state index in [9.17, 15) is 13.2 Å². The maximum Gasteiger partial charge on any atom is 0.243 e. The fraction of sp³-hybridized carbons (Fsp3) is 0.417. The SMILES string of the molecule is CCCN(CC(N)=O)S(=O)(=O)c1ccc(C)cc1. The van der Waals surface area contributed by atoms with Crippen molar-refractivity contribution in [2.24, 2.45) is 5.73 Å². The van der Waals surface area contributed by atoms with E-state index in [0.29, 0.717) is 6.42 Å². The molecule has 6 heteroatoms. The topological polar surface area (TPSA) is 80.5 Å². The van der Waals surface area contributed by atoms with Gasteiger partial charge in [0.15, 0.2) is 0 Å². The van der Waals surface area contributed by atoms with Gasteiger partial charge < -0.3 is 5.73 Å². The summed E-state index contributed by atoms with van der Waals surface area (Å²) < 4.78 is 25.7. The zero-order valence-corrected chi connectivity index (χ0v) is 11.4. The smallest absolute Gasteiger partial charge is 0.243 e. The first kappa shape index (κ1) is 14.7. The van der Waals surface area contributed by atoms with Gasteiger partial charge in [0.25, 0.3) is 0 Å². The number of benzene rings is 1. The molecule has 0 aliphatic heterocycles. The maximum absolute atomic E-state index is 12.3. The van der Waals surface area contributed by atoms with Crippen molar-refractivity contribution in [2.75, 3.05) is 13.1 Å². The second kappa shape index (κ2) is 5.97. The molecule has 1 rings (SSSR count). The lowest BCUT2D eigenvalue weighted by Gasteiger charge is -2.20. The molecule has 100 valence electrons. The highest BCUT2D eigenvalue weighted by Gasteiger charge is 2.24. The molecular weight excluding hydrogens is 252 g/mol. The first-order valence-electron chi connectivity index (χ1n) is 5.73. The fourth-order valence-electron chi connectivity index (χ4n) is 1.57. The van der Waals surface area contributed by atoms with Crippen LogP contribution in [0.5, 0.6) is 0 Å². The summed E-state index contributed by atoms with van der Waals surface area (Å²) in [7, 11) is -3.64. The molecule has 1 aromatic rings. The lowest BCUT2D eigenvalue weighted by Crippen LogP contribution is -2.38. The predicted molar refractivity (Wildman–Crippen MR) is 69.4 cm³/mol. The van der Waals surface area contributed by atoms with Crippen molar-refractivity contribution in [3.8, 4) is 0 Å². The van der Waals surface area contributed by atoms with E-state index in [4.69, 9.17) is 5.73 Å². The van der Waals surface area contributed by atoms with Gasteiger partial charge in [0, 0.05) is 6.54 Å². The first-order valence-corrected chi connectivity index (χ1v) is 7.17. The van der Waals surface area contributed by atoms with Gasteiger partial charge in [-0.25, -0.2) is 8.42 Å². The Morgan fingerprint density at radius 1 is 1.28 bits per heavy atom. The maximum atomic E-state index is 12.3. The molecule has 0 spiro atoms. The average Bonchev–Trinajstić information content (AvgIpc) is 2.28. The van der Waals surface area contributed by atoms with Gasteiger partial charge in [-0.1, -0.05) is 24.6 Å². The van der Waals surface area contributed by atoms with Crippen molar-refractivity contribution in [3.63, 3.8) is 0 Å². The third-order valence-electron chi connectivity index (χ3n) is 2.46. The van der Waals surface area contributed by atoms with Crippen molar-refractivity contribution >= 4 is 15.9 Å². The quantitative estimate of drug-likeness (QED) is 0.833. The van der Waals surface area contributed by atoms with Gasteiger partial charge in [0.1, 0.15) is 0 Å². The minimum absolute atomic E-state index is 0.183. The third-order valence-corrected chi connectivity index (χ3v) is 4.32. The monoisotopic (exact) mass is 270 g/mol. The van der Waals surface area contributed by atoms with Crippen molar-refractivity contribution in [1.29, 1.82) is 0 Å². The highest BCUT2D eigenvalue weighted by atomic mass is 32.2. The van der Waals surface area contributed by atoms with Gasteiger partial charge in [-0.3, -0.25) is 4.79 Å². The van der Waals surface area contributed by atoms with Crippen molar-refractivity contribution in [2.45, 2.75) is 25.2 Å². The van der Waals surface area contributed by atoms with E-state index in [2.05, 4.69) is 0 Å². The van der Waals surface area contributed by atoms with Crippen LogP contribution in [0, 0.1) is 6.92 Å². The lowest BCUT2D eigenvalue weighted by atomic mass is 10.2. The van der Waals surface area contributed by atoms with Crippen LogP contribution in [-0.2, 0) is 14.8 Å². The minimum Gasteiger partial charge on any atom is -0.369 e. The van der Waals surface area contributed by atoms with E-state index >= 15 is 0 Å². The Morgan fingerprint density at radius 3 is 2.28 bits per heavy atom. The van der Waals surface area contributed by atoms with Crippen LogP contribution in [0.2, 0.25) is 0 Å². The number of primary amides is 1. The number of nitrogens with two attached hydrogens (primary N) is 1. The highest BCUT2D eigenvalue weighted by Crippen LogP contribution is 2.16. The molecule has 0 saturated carbocycles. The number of sulfonamides is 1. The summed E-state index contributed by atoms with van der Waals surface area (Å²) in [6.45, 7) is 3.71. The highest BCUT2D eigenvalue weighted by molar-refractivity contribution is 7.89. The predicted octanol–water partition coefficient (Wildman–Crippen LogP) is 0.881. The van der Waals surface area contributed by atoms with Crippen molar-refractivity contribution < 1.29 is 13.2 Å². The van der Waals surface area contributed by atoms with E-state index in [1.165, 1.54) is 12.1 Å². The summed E-state index contributed by atoms with van der Waals surface area (Å²) in [5, 5.41) is 0. The molecule has 0 bridgehead atoms. The van der Waals surface area contributed by atoms with Crippen LogP contribution in [0.25, 0.3) is 0 Å². The second-order valence-corrected chi connectivity index (χ2v) is 6.06. The van der Waals surface area contributed by atoms with Crippen LogP contribution in [0.3, 0.4) is 0 Å². The fourth-order valence-corrected chi connectivity index (χ4v) is 3.07. The zero-order chi connectivity index (χ0) is 13.8. The number of amides is 1. The summed E-state index contributed by atoms with van der Waals surface area (Å²) in [6, 6.07) is 6.52. The van der Waals surface area contributed by atoms with Crippen molar-refractivity contribution in [1.82, 2.24) is 4.31 Å². The van der Waals surface area contributed by atoms with Crippen LogP contribution in [0.15, 0.2) is 29.2 Å². The average molecular weight is 270 g/mol. The number of carbonyl (C=O) groups is 1. The van der Waals surface area contributed by atoms with Crippen LogP contribution >= 0.6 is 0 Å². The molecule has 0 atom stereocenters. The molecule has 18 heavy (non-hydrogen) atoms. The molecule has 0 fully saturated rings. The standard InChI is InChI=1S/C12H18N2O3S/c1-3-8-14(9-12(13)15)18(16,17)11-6-4-10(2)5-7-11/h4-7H,3,8-9H2,1-2H3,(H2,13,15). The Morgan fingerprint density at radius 2 is 1.83 bits per heavy atom. The Balaban J connectivity index is 3.08. The minimum atomic E-state index is -3.64. The number of hydrogen-bond donors (Lipinski definition) is 1. The summed E-state index contributed by atoms with van der Waals surface area (Å²) in [5.74, 6) is -0.654. The van der Waals surface area contributed by atoms with E-state index in [1.54, 1.807) is 12.1 Å². The molecule has 0 aromatic heterocycles. The van der Waals surface area contributed by atoms with Gasteiger partial charge in [0.2, 0.25) is 15.9 Å². The van der Waals surface area contributed by atoms with Gasteiger partial charge in [-0.2, -0.15) is 4.31 Å². The van der Waals surface area contributed by atoms with Gasteiger partial charge in [-0.05, 0) is 25.5 Å². The number of hydrogen-bond acceptors (Lipinski definition) is 3. The van der Waals surface area contributed by atoms with E-state index < -0.39 is 15.9 Å². The molecule has 0 heterocycles. The van der Waals surface area contributed by atoms with E-state index in [0.717, 1.165) is 9.87 Å². The Kier molecular flexibility index (Phi) is 4.86. The van der Waals surface area contributed by atoms with E-state index in [1.807, 2.05) is 13.8 Å². The van der Waals surface area contributed by atoms with Gasteiger partial charge >= 0.3 is 0 Å². The van der Waals surface area contributed by atoms with Crippen molar-refractivity contribution in [3.05, 3.63) is 29.8 Å². The molecule has 2 N–H and O–H groups in total. The number of carbonyl (C=O) groups excluding carboxylic acids is 1. The van der Waals surface area contributed by atoms with Gasteiger partial charge in [-0.15, -0.1) is 0 Å². The summed E-state index contributed by atoms with van der Waals surface area (Å²) in [6.07, 6.45) is 0.623. The molecule has 0 aliphatic carbocycles. The zero-order valence-electron chi connectivity index (χ0n) is 10.6. The van der Waals surface area contributed by atoms with Crippen LogP contribution < -0.4 is 5.73 Å². The molecule has 0 aliphatic rings. The first-order chi connectivity index (χ1) is 8.37. The second-order valence-electron chi connectivity index (χ2n) is 4.12. The van der Waals surface area contributed by atoms with Gasteiger partial charge in [0.05, 0.1) is 11.4 Å². The largest absolute Gasteiger partial charge is 0.369 e. The molecule has 0 unspecified atom stereocenters. The summed E-state index contributed by atoms with van der Waals surface area (Å²) >= 11 is 0. The molecular formula is C12H18N2O3S. The molecule has 0 saturated heterocycles. The molecule has 5 nitrogen and oxygen atoms in total. The lowest BCUT2D eigenvalue weighted by molar-refractivity contribution is -0.118. The normalized spacial score (nSPS) is 11.7. The van der Waals surface area contributed by atoms with E-state index in [-0.39, 0.29) is 18.0 Å². The summed E-state index contributed by atoms with van der Waals surface area (Å²) in [4.78, 5) is 11.1. The molecule has 1 aromatic carbocycles. The Hall–Kier alpha value is -1.40. The van der Waals surface area contributed by atoms with Crippen LogP contribution in [-0.4, -0.2) is 31.7 Å². The molecule has 1 amide bonds. The Bertz CT molecular complexity index is 509. The number of nitrogens with zero attached hydrogens (tertiary/aromatic N) is 1. The van der Waals surface area contributed by atoms with Crippen LogP contribution in [0.1, 0.15) is 18.9 Å². The molecule has 0 radical (unpaired) electrons.